The zero-order valence-corrected chi connectivity index (χ0v) is 14.6. The second-order valence-electron chi connectivity index (χ2n) is 6.92. The van der Waals surface area contributed by atoms with E-state index in [1.165, 1.54) is 6.92 Å². The van der Waals surface area contributed by atoms with E-state index < -0.39 is 29.1 Å². The fraction of sp³-hybridized carbons (Fsp3) is 0.688. The summed E-state index contributed by atoms with van der Waals surface area (Å²) in [6.07, 6.45) is 1.68. The third-order valence-corrected chi connectivity index (χ3v) is 3.56. The molecule has 1 aliphatic rings. The highest BCUT2D eigenvalue weighted by molar-refractivity contribution is 6.37. The van der Waals surface area contributed by atoms with Crippen molar-refractivity contribution < 1.29 is 23.6 Å². The molecule has 0 aromatic carbocycles. The molecule has 0 spiro atoms. The molecule has 8 heteroatoms. The lowest BCUT2D eigenvalue weighted by molar-refractivity contribution is -0.150. The quantitative estimate of drug-likeness (QED) is 0.626. The topological polar surface area (TPSA) is 115 Å². The van der Waals surface area contributed by atoms with Crippen molar-refractivity contribution in [3.63, 3.8) is 0 Å². The van der Waals surface area contributed by atoms with Crippen LogP contribution in [0.1, 0.15) is 71.5 Å². The van der Waals surface area contributed by atoms with Crippen LogP contribution in [0.4, 0.5) is 0 Å². The maximum atomic E-state index is 12.1. The lowest BCUT2D eigenvalue weighted by Crippen LogP contribution is -2.31. The van der Waals surface area contributed by atoms with Crippen molar-refractivity contribution in [1.29, 1.82) is 5.41 Å². The molecule has 1 aliphatic carbocycles. The van der Waals surface area contributed by atoms with Gasteiger partial charge in [0.25, 0.3) is 5.89 Å². The number of ether oxygens (including phenoxy) is 2. The van der Waals surface area contributed by atoms with Crippen LogP contribution in [0.2, 0.25) is 0 Å². The standard InChI is InChI=1S/C16H23N3O5/c1-6-10(11(17)13(21)23-15(3,4)5)12-18-14(24-19-12)16(7-8-16)22-9(2)20/h10,17H,6-8H2,1-5H3/t10-/m0/s1. The molecule has 0 bridgehead atoms. The molecule has 24 heavy (non-hydrogen) atoms. The molecule has 1 N–H and O–H groups in total. The molecule has 1 atom stereocenters. The third-order valence-electron chi connectivity index (χ3n) is 3.56. The summed E-state index contributed by atoms with van der Waals surface area (Å²) in [5.74, 6) is -1.32. The van der Waals surface area contributed by atoms with Crippen molar-refractivity contribution in [1.82, 2.24) is 10.1 Å². The van der Waals surface area contributed by atoms with Gasteiger partial charge in [0.15, 0.2) is 11.4 Å². The summed E-state index contributed by atoms with van der Waals surface area (Å²) in [5, 5.41) is 12.0. The van der Waals surface area contributed by atoms with E-state index in [1.807, 2.05) is 6.92 Å². The van der Waals surface area contributed by atoms with Crippen molar-refractivity contribution in [2.24, 2.45) is 0 Å². The van der Waals surface area contributed by atoms with Crippen molar-refractivity contribution in [3.8, 4) is 0 Å². The summed E-state index contributed by atoms with van der Waals surface area (Å²) in [5.41, 5.74) is -1.75. The Labute approximate surface area is 140 Å². The average molecular weight is 337 g/mol. The molecule has 1 heterocycles. The van der Waals surface area contributed by atoms with Gasteiger partial charge in [0, 0.05) is 19.8 Å². The highest BCUT2D eigenvalue weighted by Gasteiger charge is 2.53. The van der Waals surface area contributed by atoms with Gasteiger partial charge in [-0.05, 0) is 27.2 Å². The number of hydrogen-bond acceptors (Lipinski definition) is 8. The fourth-order valence-corrected chi connectivity index (χ4v) is 2.30. The van der Waals surface area contributed by atoms with Gasteiger partial charge in [0.1, 0.15) is 11.3 Å². The monoisotopic (exact) mass is 337 g/mol. The molecule has 132 valence electrons. The summed E-state index contributed by atoms with van der Waals surface area (Å²) >= 11 is 0. The highest BCUT2D eigenvalue weighted by atomic mass is 16.6. The number of carbonyl (C=O) groups is 2. The maximum Gasteiger partial charge on any atom is 0.353 e. The average Bonchev–Trinajstić information content (AvgIpc) is 3.04. The molecule has 1 fully saturated rings. The summed E-state index contributed by atoms with van der Waals surface area (Å²) in [4.78, 5) is 27.5. The van der Waals surface area contributed by atoms with E-state index in [1.54, 1.807) is 20.8 Å². The Morgan fingerprint density at radius 1 is 1.38 bits per heavy atom. The Morgan fingerprint density at radius 2 is 2.00 bits per heavy atom. The van der Waals surface area contributed by atoms with Crippen LogP contribution in [0.3, 0.4) is 0 Å². The molecular formula is C16H23N3O5. The molecule has 0 saturated heterocycles. The highest BCUT2D eigenvalue weighted by Crippen LogP contribution is 2.48. The molecule has 1 aromatic heterocycles. The van der Waals surface area contributed by atoms with Crippen molar-refractivity contribution in [3.05, 3.63) is 11.7 Å². The zero-order chi connectivity index (χ0) is 18.1. The number of nitrogens with one attached hydrogen (secondary N) is 1. The minimum Gasteiger partial charge on any atom is -0.455 e. The molecule has 0 aliphatic heterocycles. The van der Waals surface area contributed by atoms with Crippen LogP contribution in [0.25, 0.3) is 0 Å². The number of carbonyl (C=O) groups excluding carboxylic acids is 2. The fourth-order valence-electron chi connectivity index (χ4n) is 2.30. The van der Waals surface area contributed by atoms with E-state index in [0.29, 0.717) is 19.3 Å². The van der Waals surface area contributed by atoms with Crippen LogP contribution >= 0.6 is 0 Å². The van der Waals surface area contributed by atoms with Gasteiger partial charge in [-0.3, -0.25) is 10.2 Å². The largest absolute Gasteiger partial charge is 0.455 e. The zero-order valence-electron chi connectivity index (χ0n) is 14.6. The van der Waals surface area contributed by atoms with Gasteiger partial charge in [-0.25, -0.2) is 4.79 Å². The van der Waals surface area contributed by atoms with Gasteiger partial charge in [-0.15, -0.1) is 0 Å². The number of aromatic nitrogens is 2. The smallest absolute Gasteiger partial charge is 0.353 e. The summed E-state index contributed by atoms with van der Waals surface area (Å²) < 4.78 is 15.7. The van der Waals surface area contributed by atoms with E-state index >= 15 is 0 Å². The maximum absolute atomic E-state index is 12.1. The first-order valence-corrected chi connectivity index (χ1v) is 7.93. The van der Waals surface area contributed by atoms with E-state index in [0.717, 1.165) is 0 Å². The summed E-state index contributed by atoms with van der Waals surface area (Å²) in [6, 6.07) is 0. The lowest BCUT2D eigenvalue weighted by Gasteiger charge is -2.21. The molecule has 1 aromatic rings. The van der Waals surface area contributed by atoms with Crippen LogP contribution in [-0.2, 0) is 24.7 Å². The molecule has 1 saturated carbocycles. The normalized spacial score (nSPS) is 17.0. The van der Waals surface area contributed by atoms with Crippen LogP contribution in [0, 0.1) is 5.41 Å². The number of rotatable bonds is 6. The van der Waals surface area contributed by atoms with E-state index in [9.17, 15) is 9.59 Å². The Balaban J connectivity index is 2.16. The number of esters is 2. The summed E-state index contributed by atoms with van der Waals surface area (Å²) in [6.45, 7) is 8.35. The van der Waals surface area contributed by atoms with Gasteiger partial charge in [0.2, 0.25) is 0 Å². The van der Waals surface area contributed by atoms with E-state index in [2.05, 4.69) is 10.1 Å². The second-order valence-corrected chi connectivity index (χ2v) is 6.92. The summed E-state index contributed by atoms with van der Waals surface area (Å²) in [7, 11) is 0. The molecule has 0 radical (unpaired) electrons. The van der Waals surface area contributed by atoms with Crippen LogP contribution in [0.15, 0.2) is 4.52 Å². The number of nitrogens with zero attached hydrogens (tertiary/aromatic N) is 2. The van der Waals surface area contributed by atoms with Gasteiger partial charge >= 0.3 is 11.9 Å². The Kier molecular flexibility index (Phi) is 4.77. The predicted molar refractivity (Wildman–Crippen MR) is 83.6 cm³/mol. The van der Waals surface area contributed by atoms with Gasteiger partial charge in [0.05, 0.1) is 5.92 Å². The van der Waals surface area contributed by atoms with E-state index in [-0.39, 0.29) is 17.4 Å². The predicted octanol–water partition coefficient (Wildman–Crippen LogP) is 2.48. The first-order chi connectivity index (χ1) is 11.1. The first kappa shape index (κ1) is 18.1. The van der Waals surface area contributed by atoms with Crippen LogP contribution in [0.5, 0.6) is 0 Å². The van der Waals surface area contributed by atoms with Crippen molar-refractivity contribution >= 4 is 17.7 Å². The molecule has 8 nitrogen and oxygen atoms in total. The molecule has 2 rings (SSSR count). The van der Waals surface area contributed by atoms with Crippen LogP contribution < -0.4 is 0 Å². The number of hydrogen-bond donors (Lipinski definition) is 1. The Morgan fingerprint density at radius 3 is 2.46 bits per heavy atom. The first-order valence-electron chi connectivity index (χ1n) is 7.93. The van der Waals surface area contributed by atoms with Crippen LogP contribution in [-0.4, -0.2) is 33.4 Å². The van der Waals surface area contributed by atoms with Crippen molar-refractivity contribution in [2.75, 3.05) is 0 Å². The minimum absolute atomic E-state index is 0.211. The third kappa shape index (κ3) is 3.98. The van der Waals surface area contributed by atoms with Gasteiger partial charge in [-0.2, -0.15) is 4.98 Å². The lowest BCUT2D eigenvalue weighted by atomic mass is 9.99. The minimum atomic E-state index is -0.844. The Bertz CT molecular complexity index is 655. The second kappa shape index (κ2) is 6.33. The van der Waals surface area contributed by atoms with E-state index in [4.69, 9.17) is 19.4 Å². The van der Waals surface area contributed by atoms with Crippen molar-refractivity contribution in [2.45, 2.75) is 71.0 Å². The van der Waals surface area contributed by atoms with Gasteiger partial charge < -0.3 is 14.0 Å². The molecular weight excluding hydrogens is 314 g/mol. The SMILES string of the molecule is CC[C@@H](C(=N)C(=O)OC(C)(C)C)c1noc(C2(OC(C)=O)CC2)n1. The Hall–Kier alpha value is -2.25. The van der Waals surface area contributed by atoms with Gasteiger partial charge in [-0.1, -0.05) is 12.1 Å². The molecule has 0 unspecified atom stereocenters. The molecule has 0 amide bonds.